The van der Waals surface area contributed by atoms with Crippen molar-refractivity contribution in [1.82, 2.24) is 4.40 Å². The first-order valence-electron chi connectivity index (χ1n) is 8.61. The molecule has 0 fully saturated rings. The third-order valence-electron chi connectivity index (χ3n) is 4.75. The number of carboxylic acids is 1. The maximum absolute atomic E-state index is 14.7. The van der Waals surface area contributed by atoms with Gasteiger partial charge in [0.05, 0.1) is 11.1 Å². The third-order valence-corrected chi connectivity index (χ3v) is 5.46. The van der Waals surface area contributed by atoms with E-state index in [9.17, 15) is 13.6 Å². The fraction of sp³-hybridized carbons (Fsp3) is 0.0455. The molecule has 3 nitrogen and oxygen atoms in total. The highest BCUT2D eigenvalue weighted by molar-refractivity contribution is 6.36. The van der Waals surface area contributed by atoms with Gasteiger partial charge >= 0.3 is 5.97 Å². The molecular weight excluding hydrogens is 419 g/mol. The number of aromatic carboxylic acids is 1. The van der Waals surface area contributed by atoms with Crippen molar-refractivity contribution in [1.29, 1.82) is 0 Å². The molecule has 1 N–H and O–H groups in total. The maximum Gasteiger partial charge on any atom is 0.338 e. The molecule has 146 valence electrons. The van der Waals surface area contributed by atoms with E-state index in [-0.39, 0.29) is 5.52 Å². The van der Waals surface area contributed by atoms with Crippen molar-refractivity contribution in [3.63, 3.8) is 0 Å². The number of aromatic nitrogens is 1. The Hall–Kier alpha value is -2.89. The molecule has 2 heterocycles. The fourth-order valence-electron chi connectivity index (χ4n) is 3.38. The van der Waals surface area contributed by atoms with Crippen LogP contribution in [0.2, 0.25) is 10.0 Å². The molecule has 2 aromatic carbocycles. The zero-order valence-corrected chi connectivity index (χ0v) is 16.3. The van der Waals surface area contributed by atoms with Gasteiger partial charge in [-0.15, -0.1) is 0 Å². The molecule has 0 aliphatic rings. The summed E-state index contributed by atoms with van der Waals surface area (Å²) in [5.74, 6) is -2.74. The van der Waals surface area contributed by atoms with Crippen LogP contribution in [0, 0.1) is 11.6 Å². The van der Waals surface area contributed by atoms with E-state index in [1.54, 1.807) is 40.9 Å². The summed E-state index contributed by atoms with van der Waals surface area (Å²) in [5.41, 5.74) is 2.02. The minimum atomic E-state index is -1.36. The number of hydrogen-bond donors (Lipinski definition) is 1. The van der Waals surface area contributed by atoms with Gasteiger partial charge in [-0.1, -0.05) is 35.3 Å². The van der Waals surface area contributed by atoms with Crippen LogP contribution in [-0.2, 0) is 6.42 Å². The number of fused-ring (bicyclic) bond motifs is 1. The Bertz CT molecular complexity index is 1250. The molecule has 0 saturated carbocycles. The van der Waals surface area contributed by atoms with E-state index in [1.807, 2.05) is 0 Å². The standard InChI is InChI=1S/C22H13Cl2F2NO2/c23-17-3-1-4-18(24)16(17)11-13-10-15(21-19(25)5-2-8-27(13)21)12-6-7-14(22(28)29)20(26)9-12/h1-10H,11H2,(H,28,29). The normalized spacial score (nSPS) is 11.2. The van der Waals surface area contributed by atoms with Crippen molar-refractivity contribution < 1.29 is 18.7 Å². The van der Waals surface area contributed by atoms with E-state index in [1.165, 1.54) is 18.2 Å². The largest absolute Gasteiger partial charge is 0.478 e. The van der Waals surface area contributed by atoms with Crippen LogP contribution in [0.25, 0.3) is 16.6 Å². The van der Waals surface area contributed by atoms with Crippen molar-refractivity contribution in [2.24, 2.45) is 0 Å². The molecule has 29 heavy (non-hydrogen) atoms. The number of nitrogens with zero attached hydrogens (tertiary/aromatic N) is 1. The maximum atomic E-state index is 14.7. The van der Waals surface area contributed by atoms with Gasteiger partial charge in [0.1, 0.15) is 11.6 Å². The summed E-state index contributed by atoms with van der Waals surface area (Å²) < 4.78 is 30.6. The van der Waals surface area contributed by atoms with Crippen LogP contribution < -0.4 is 0 Å². The molecule has 0 atom stereocenters. The topological polar surface area (TPSA) is 41.7 Å². The van der Waals surface area contributed by atoms with Crippen molar-refractivity contribution >= 4 is 34.7 Å². The van der Waals surface area contributed by atoms with Gasteiger partial charge in [-0.3, -0.25) is 0 Å². The average molecular weight is 432 g/mol. The first-order chi connectivity index (χ1) is 13.9. The lowest BCUT2D eigenvalue weighted by Gasteiger charge is -2.07. The first kappa shape index (κ1) is 19.4. The van der Waals surface area contributed by atoms with Crippen molar-refractivity contribution in [2.75, 3.05) is 0 Å². The number of benzene rings is 2. The minimum Gasteiger partial charge on any atom is -0.478 e. The molecule has 4 aromatic rings. The zero-order valence-electron chi connectivity index (χ0n) is 14.8. The Morgan fingerprint density at radius 1 is 0.966 bits per heavy atom. The number of hydrogen-bond acceptors (Lipinski definition) is 1. The van der Waals surface area contributed by atoms with Gasteiger partial charge in [0.15, 0.2) is 0 Å². The van der Waals surface area contributed by atoms with Crippen LogP contribution in [0.15, 0.2) is 60.8 Å². The second-order valence-electron chi connectivity index (χ2n) is 6.50. The number of halogens is 4. The van der Waals surface area contributed by atoms with Gasteiger partial charge < -0.3 is 9.51 Å². The minimum absolute atomic E-state index is 0.258. The first-order valence-corrected chi connectivity index (χ1v) is 9.37. The van der Waals surface area contributed by atoms with E-state index in [4.69, 9.17) is 28.3 Å². The van der Waals surface area contributed by atoms with Crippen LogP contribution in [0.3, 0.4) is 0 Å². The summed E-state index contributed by atoms with van der Waals surface area (Å²) in [6.45, 7) is 0. The third kappa shape index (κ3) is 3.48. The summed E-state index contributed by atoms with van der Waals surface area (Å²) in [4.78, 5) is 11.1. The van der Waals surface area contributed by atoms with Crippen LogP contribution in [0.1, 0.15) is 21.6 Å². The number of rotatable bonds is 4. The SMILES string of the molecule is O=C(O)c1ccc(-c2cc(Cc3c(Cl)cccc3Cl)n3cccc(F)c23)cc1F. The molecular formula is C22H13Cl2F2NO2. The van der Waals surface area contributed by atoms with Gasteiger partial charge in [-0.25, -0.2) is 13.6 Å². The average Bonchev–Trinajstić information content (AvgIpc) is 3.04. The molecule has 2 aromatic heterocycles. The van der Waals surface area contributed by atoms with Gasteiger partial charge in [0.25, 0.3) is 0 Å². The van der Waals surface area contributed by atoms with Crippen LogP contribution >= 0.6 is 23.2 Å². The molecule has 0 unspecified atom stereocenters. The summed E-state index contributed by atoms with van der Waals surface area (Å²) in [6.07, 6.45) is 2.03. The molecule has 0 aliphatic carbocycles. The van der Waals surface area contributed by atoms with E-state index < -0.39 is 23.2 Å². The molecule has 0 bridgehead atoms. The van der Waals surface area contributed by atoms with Crippen molar-refractivity contribution in [3.05, 3.63) is 99.3 Å². The predicted molar refractivity (Wildman–Crippen MR) is 109 cm³/mol. The lowest BCUT2D eigenvalue weighted by molar-refractivity contribution is 0.0692. The highest BCUT2D eigenvalue weighted by Crippen LogP contribution is 2.34. The summed E-state index contributed by atoms with van der Waals surface area (Å²) in [6, 6.07) is 13.5. The molecule has 0 radical (unpaired) electrons. The highest BCUT2D eigenvalue weighted by Gasteiger charge is 2.18. The Balaban J connectivity index is 1.90. The molecule has 7 heteroatoms. The smallest absolute Gasteiger partial charge is 0.338 e. The van der Waals surface area contributed by atoms with Crippen molar-refractivity contribution in [3.8, 4) is 11.1 Å². The summed E-state index contributed by atoms with van der Waals surface area (Å²) in [7, 11) is 0. The zero-order chi connectivity index (χ0) is 20.7. The van der Waals surface area contributed by atoms with E-state index in [2.05, 4.69) is 0 Å². The molecule has 0 aliphatic heterocycles. The summed E-state index contributed by atoms with van der Waals surface area (Å²) >= 11 is 12.6. The number of pyridine rings is 1. The quantitative estimate of drug-likeness (QED) is 0.401. The van der Waals surface area contributed by atoms with Crippen LogP contribution in [-0.4, -0.2) is 15.5 Å². The summed E-state index contributed by atoms with van der Waals surface area (Å²) in [5, 5.41) is 10.0. The Labute approximate surface area is 174 Å². The Morgan fingerprint density at radius 2 is 1.69 bits per heavy atom. The molecule has 0 saturated heterocycles. The predicted octanol–water partition coefficient (Wildman–Crippen LogP) is 6.48. The monoisotopic (exact) mass is 431 g/mol. The van der Waals surface area contributed by atoms with Crippen LogP contribution in [0.5, 0.6) is 0 Å². The lowest BCUT2D eigenvalue weighted by atomic mass is 10.0. The van der Waals surface area contributed by atoms with E-state index in [0.717, 1.165) is 6.07 Å². The van der Waals surface area contributed by atoms with E-state index >= 15 is 0 Å². The Kier molecular flexibility index (Phi) is 5.03. The second kappa shape index (κ2) is 7.50. The highest BCUT2D eigenvalue weighted by atomic mass is 35.5. The number of carbonyl (C=O) groups is 1. The van der Waals surface area contributed by atoms with Crippen molar-refractivity contribution in [2.45, 2.75) is 6.42 Å². The van der Waals surface area contributed by atoms with Gasteiger partial charge in [0, 0.05) is 33.9 Å². The van der Waals surface area contributed by atoms with Crippen LogP contribution in [0.4, 0.5) is 8.78 Å². The van der Waals surface area contributed by atoms with Gasteiger partial charge in [0.2, 0.25) is 0 Å². The molecule has 0 amide bonds. The van der Waals surface area contributed by atoms with E-state index in [0.29, 0.717) is 38.9 Å². The number of carboxylic acid groups (broad SMARTS) is 1. The fourth-order valence-corrected chi connectivity index (χ4v) is 3.91. The molecule has 4 rings (SSSR count). The Morgan fingerprint density at radius 3 is 2.34 bits per heavy atom. The second-order valence-corrected chi connectivity index (χ2v) is 7.32. The van der Waals surface area contributed by atoms with Gasteiger partial charge in [-0.2, -0.15) is 0 Å². The lowest BCUT2D eigenvalue weighted by Crippen LogP contribution is -2.00. The van der Waals surface area contributed by atoms with Gasteiger partial charge in [-0.05, 0) is 53.6 Å². The molecule has 0 spiro atoms.